The van der Waals surface area contributed by atoms with E-state index in [4.69, 9.17) is 11.1 Å². The Labute approximate surface area is 90.9 Å². The molecule has 1 aliphatic rings. The van der Waals surface area contributed by atoms with Crippen molar-refractivity contribution in [1.29, 1.82) is 5.41 Å². The van der Waals surface area contributed by atoms with Gasteiger partial charge in [-0.25, -0.2) is 0 Å². The van der Waals surface area contributed by atoms with Gasteiger partial charge in [-0.3, -0.25) is 5.41 Å². The number of rotatable bonds is 5. The molecule has 0 bridgehead atoms. The average molecular weight is 215 g/mol. The highest BCUT2D eigenvalue weighted by Gasteiger charge is 2.21. The van der Waals surface area contributed by atoms with Gasteiger partial charge in [0.2, 0.25) is 0 Å². The predicted molar refractivity (Wildman–Crippen MR) is 64.1 cm³/mol. The highest BCUT2D eigenvalue weighted by molar-refractivity contribution is 7.98. The summed E-state index contributed by atoms with van der Waals surface area (Å²) in [6.07, 6.45) is 5.71. The molecule has 0 amide bonds. The van der Waals surface area contributed by atoms with Crippen LogP contribution >= 0.6 is 11.8 Å². The van der Waals surface area contributed by atoms with Gasteiger partial charge in [0, 0.05) is 12.5 Å². The van der Waals surface area contributed by atoms with Gasteiger partial charge >= 0.3 is 0 Å². The first-order valence-corrected chi connectivity index (χ1v) is 6.68. The van der Waals surface area contributed by atoms with Crippen LogP contribution in [0.15, 0.2) is 0 Å². The zero-order valence-electron chi connectivity index (χ0n) is 8.96. The number of thioether (sulfide) groups is 1. The molecule has 1 fully saturated rings. The minimum absolute atomic E-state index is 0.318. The third-order valence-electron chi connectivity index (χ3n) is 2.77. The van der Waals surface area contributed by atoms with Crippen LogP contribution in [-0.2, 0) is 0 Å². The molecule has 0 saturated carbocycles. The fourth-order valence-electron chi connectivity index (χ4n) is 1.94. The zero-order valence-corrected chi connectivity index (χ0v) is 9.78. The lowest BCUT2D eigenvalue weighted by Crippen LogP contribution is -2.41. The normalized spacial score (nSPS) is 23.6. The maximum Gasteiger partial charge on any atom is 0.0949 e. The van der Waals surface area contributed by atoms with Crippen LogP contribution in [-0.4, -0.2) is 42.4 Å². The molecule has 0 aromatic heterocycles. The van der Waals surface area contributed by atoms with Crippen LogP contribution < -0.4 is 5.73 Å². The van der Waals surface area contributed by atoms with Gasteiger partial charge in [0.05, 0.1) is 5.84 Å². The van der Waals surface area contributed by atoms with Gasteiger partial charge in [0.15, 0.2) is 0 Å². The fraction of sp³-hybridized carbons (Fsp3) is 0.900. The first kappa shape index (κ1) is 11.9. The average Bonchev–Trinajstić information content (AvgIpc) is 2.19. The van der Waals surface area contributed by atoms with Gasteiger partial charge < -0.3 is 10.6 Å². The summed E-state index contributed by atoms with van der Waals surface area (Å²) in [5.41, 5.74) is 5.54. The summed E-state index contributed by atoms with van der Waals surface area (Å²) in [5.74, 6) is 1.93. The molecule has 1 aliphatic heterocycles. The van der Waals surface area contributed by atoms with Crippen molar-refractivity contribution in [3.63, 3.8) is 0 Å². The SMILES string of the molecule is CSCCCN1CCCC(C(=N)N)C1. The first-order valence-electron chi connectivity index (χ1n) is 5.29. The quantitative estimate of drug-likeness (QED) is 0.414. The number of nitrogens with one attached hydrogen (secondary N) is 1. The minimum atomic E-state index is 0.318. The van der Waals surface area contributed by atoms with Crippen LogP contribution in [0.4, 0.5) is 0 Å². The van der Waals surface area contributed by atoms with E-state index in [2.05, 4.69) is 11.2 Å². The van der Waals surface area contributed by atoms with E-state index < -0.39 is 0 Å². The summed E-state index contributed by atoms with van der Waals surface area (Å²) in [5, 5.41) is 7.44. The molecule has 0 aromatic carbocycles. The number of hydrogen-bond donors (Lipinski definition) is 2. The summed E-state index contributed by atoms with van der Waals surface area (Å²) in [6.45, 7) is 3.37. The summed E-state index contributed by atoms with van der Waals surface area (Å²) in [4.78, 5) is 2.45. The molecular formula is C10H21N3S. The van der Waals surface area contributed by atoms with E-state index in [1.54, 1.807) is 0 Å². The Kier molecular flexibility index (Phi) is 5.33. The van der Waals surface area contributed by atoms with E-state index in [0.29, 0.717) is 11.8 Å². The lowest BCUT2D eigenvalue weighted by atomic mass is 9.97. The Morgan fingerprint density at radius 2 is 2.43 bits per heavy atom. The van der Waals surface area contributed by atoms with Crippen LogP contribution in [0.1, 0.15) is 19.3 Å². The number of nitrogens with zero attached hydrogens (tertiary/aromatic N) is 1. The van der Waals surface area contributed by atoms with Gasteiger partial charge in [-0.2, -0.15) is 11.8 Å². The summed E-state index contributed by atoms with van der Waals surface area (Å²) < 4.78 is 0. The van der Waals surface area contributed by atoms with Crippen molar-refractivity contribution in [2.45, 2.75) is 19.3 Å². The predicted octanol–water partition coefficient (Wildman–Crippen LogP) is 1.39. The van der Waals surface area contributed by atoms with Crippen LogP contribution in [0.25, 0.3) is 0 Å². The Morgan fingerprint density at radius 3 is 3.07 bits per heavy atom. The number of hydrogen-bond acceptors (Lipinski definition) is 3. The summed E-state index contributed by atoms with van der Waals surface area (Å²) >= 11 is 1.90. The van der Waals surface area contributed by atoms with Crippen molar-refractivity contribution in [3.05, 3.63) is 0 Å². The third kappa shape index (κ3) is 3.88. The number of piperidine rings is 1. The highest BCUT2D eigenvalue weighted by atomic mass is 32.2. The Balaban J connectivity index is 2.22. The van der Waals surface area contributed by atoms with E-state index in [-0.39, 0.29) is 0 Å². The molecule has 82 valence electrons. The monoisotopic (exact) mass is 215 g/mol. The molecule has 3 nitrogen and oxygen atoms in total. The zero-order chi connectivity index (χ0) is 10.4. The molecule has 0 aliphatic carbocycles. The van der Waals surface area contributed by atoms with E-state index in [1.165, 1.54) is 31.7 Å². The molecule has 14 heavy (non-hydrogen) atoms. The fourth-order valence-corrected chi connectivity index (χ4v) is 2.36. The van der Waals surface area contributed by atoms with Crippen molar-refractivity contribution in [2.24, 2.45) is 11.7 Å². The van der Waals surface area contributed by atoms with Crippen LogP contribution in [0, 0.1) is 11.3 Å². The molecule has 3 N–H and O–H groups in total. The molecule has 4 heteroatoms. The van der Waals surface area contributed by atoms with Crippen molar-refractivity contribution in [3.8, 4) is 0 Å². The molecule has 1 saturated heterocycles. The molecule has 0 spiro atoms. The van der Waals surface area contributed by atoms with Crippen LogP contribution in [0.2, 0.25) is 0 Å². The third-order valence-corrected chi connectivity index (χ3v) is 3.47. The van der Waals surface area contributed by atoms with Gasteiger partial charge in [-0.1, -0.05) is 0 Å². The van der Waals surface area contributed by atoms with Crippen molar-refractivity contribution >= 4 is 17.6 Å². The van der Waals surface area contributed by atoms with E-state index in [0.717, 1.165) is 13.0 Å². The Bertz CT molecular complexity index is 184. The molecular weight excluding hydrogens is 194 g/mol. The van der Waals surface area contributed by atoms with Gasteiger partial charge in [-0.15, -0.1) is 0 Å². The van der Waals surface area contributed by atoms with Gasteiger partial charge in [-0.05, 0) is 44.4 Å². The second kappa shape index (κ2) is 6.30. The second-order valence-electron chi connectivity index (χ2n) is 3.94. The molecule has 1 atom stereocenters. The molecule has 0 radical (unpaired) electrons. The lowest BCUT2D eigenvalue weighted by molar-refractivity contribution is 0.204. The van der Waals surface area contributed by atoms with Crippen LogP contribution in [0.5, 0.6) is 0 Å². The Hall–Kier alpha value is -0.220. The molecule has 0 aromatic rings. The van der Waals surface area contributed by atoms with E-state index in [1.807, 2.05) is 11.8 Å². The topological polar surface area (TPSA) is 53.1 Å². The molecule has 1 unspecified atom stereocenters. The number of amidine groups is 1. The minimum Gasteiger partial charge on any atom is -0.387 e. The summed E-state index contributed by atoms with van der Waals surface area (Å²) in [6, 6.07) is 0. The second-order valence-corrected chi connectivity index (χ2v) is 4.93. The lowest BCUT2D eigenvalue weighted by Gasteiger charge is -2.31. The maximum absolute atomic E-state index is 7.44. The van der Waals surface area contributed by atoms with Crippen LogP contribution in [0.3, 0.4) is 0 Å². The smallest absolute Gasteiger partial charge is 0.0949 e. The largest absolute Gasteiger partial charge is 0.387 e. The van der Waals surface area contributed by atoms with Gasteiger partial charge in [0.1, 0.15) is 0 Å². The van der Waals surface area contributed by atoms with E-state index in [9.17, 15) is 0 Å². The molecule has 1 heterocycles. The number of nitrogens with two attached hydrogens (primary N) is 1. The molecule has 1 rings (SSSR count). The van der Waals surface area contributed by atoms with Gasteiger partial charge in [0.25, 0.3) is 0 Å². The first-order chi connectivity index (χ1) is 6.74. The maximum atomic E-state index is 7.44. The highest BCUT2D eigenvalue weighted by Crippen LogP contribution is 2.16. The van der Waals surface area contributed by atoms with Crippen molar-refractivity contribution in [1.82, 2.24) is 4.90 Å². The standard InChI is InChI=1S/C10H21N3S/c1-14-7-3-6-13-5-2-4-9(8-13)10(11)12/h9H,2-8H2,1H3,(H3,11,12). The summed E-state index contributed by atoms with van der Waals surface area (Å²) in [7, 11) is 0. The Morgan fingerprint density at radius 1 is 1.64 bits per heavy atom. The van der Waals surface area contributed by atoms with Crippen molar-refractivity contribution < 1.29 is 0 Å². The van der Waals surface area contributed by atoms with Crippen molar-refractivity contribution in [2.75, 3.05) is 31.6 Å². The van der Waals surface area contributed by atoms with E-state index >= 15 is 0 Å². The number of likely N-dealkylation sites (tertiary alicyclic amines) is 1.